The van der Waals surface area contributed by atoms with Gasteiger partial charge in [0.2, 0.25) is 11.8 Å². The smallest absolute Gasteiger partial charge is 0.325 e. The number of carbonyl (C=O) groups excluding carboxylic acids is 2. The Morgan fingerprint density at radius 3 is 2.28 bits per heavy atom. The number of hydrogen-bond donors (Lipinski definition) is 4. The number of aromatic amines is 2. The Morgan fingerprint density at radius 1 is 0.917 bits per heavy atom. The molecule has 0 atom stereocenters. The van der Waals surface area contributed by atoms with E-state index in [2.05, 4.69) is 68.8 Å². The first-order chi connectivity index (χ1) is 17.6. The predicted octanol–water partition coefficient (Wildman–Crippen LogP) is 1.47. The van der Waals surface area contributed by atoms with Gasteiger partial charge in [0.15, 0.2) is 5.65 Å². The van der Waals surface area contributed by atoms with Crippen molar-refractivity contribution >= 4 is 28.8 Å². The summed E-state index contributed by atoms with van der Waals surface area (Å²) in [6.07, 6.45) is 0.234. The minimum absolute atomic E-state index is 0.00482. The molecule has 0 saturated carbocycles. The molecule has 6 rings (SSSR count). The molecular weight excluding hydrogens is 456 g/mol. The molecular formula is C27H27N6O3+. The van der Waals surface area contributed by atoms with Crippen LogP contribution in [0.15, 0.2) is 65.5 Å². The topological polar surface area (TPSA) is 115 Å². The van der Waals surface area contributed by atoms with Crippen molar-refractivity contribution in [2.45, 2.75) is 18.9 Å². The Kier molecular flexibility index (Phi) is 5.61. The number of anilines is 1. The number of pyridine rings is 1. The van der Waals surface area contributed by atoms with Crippen LogP contribution >= 0.6 is 0 Å². The Balaban J connectivity index is 1.04. The molecule has 36 heavy (non-hydrogen) atoms. The molecule has 2 amide bonds. The molecule has 1 aliphatic carbocycles. The van der Waals surface area contributed by atoms with Crippen molar-refractivity contribution < 1.29 is 14.5 Å². The van der Waals surface area contributed by atoms with E-state index < -0.39 is 0 Å². The van der Waals surface area contributed by atoms with Gasteiger partial charge >= 0.3 is 5.69 Å². The fourth-order valence-electron chi connectivity index (χ4n) is 5.50. The van der Waals surface area contributed by atoms with Crippen molar-refractivity contribution in [2.24, 2.45) is 0 Å². The fourth-order valence-corrected chi connectivity index (χ4v) is 5.50. The number of imidazole rings is 1. The van der Waals surface area contributed by atoms with Crippen LogP contribution in [-0.4, -0.2) is 57.8 Å². The van der Waals surface area contributed by atoms with Crippen molar-refractivity contribution in [1.29, 1.82) is 0 Å². The van der Waals surface area contributed by atoms with Crippen molar-refractivity contribution in [3.63, 3.8) is 0 Å². The van der Waals surface area contributed by atoms with Gasteiger partial charge < -0.3 is 20.1 Å². The summed E-state index contributed by atoms with van der Waals surface area (Å²) in [6, 6.07) is 20.8. The van der Waals surface area contributed by atoms with Gasteiger partial charge in [-0.2, -0.15) is 0 Å². The largest absolute Gasteiger partial charge is 0.331 e. The van der Waals surface area contributed by atoms with Gasteiger partial charge in [0.05, 0.1) is 31.7 Å². The van der Waals surface area contributed by atoms with Gasteiger partial charge in [-0.3, -0.25) is 14.6 Å². The molecule has 9 nitrogen and oxygen atoms in total. The number of hydrogen-bond acceptors (Lipinski definition) is 4. The molecule has 1 fully saturated rings. The minimum atomic E-state index is -0.352. The lowest BCUT2D eigenvalue weighted by Crippen LogP contribution is -3.15. The predicted molar refractivity (Wildman–Crippen MR) is 136 cm³/mol. The molecule has 0 radical (unpaired) electrons. The maximum absolute atomic E-state index is 12.8. The molecule has 0 spiro atoms. The van der Waals surface area contributed by atoms with Crippen molar-refractivity contribution in [2.75, 3.05) is 31.5 Å². The number of rotatable bonds is 5. The normalized spacial score (nSPS) is 15.6. The highest BCUT2D eigenvalue weighted by Crippen LogP contribution is 2.41. The van der Waals surface area contributed by atoms with E-state index in [1.807, 2.05) is 4.90 Å². The summed E-state index contributed by atoms with van der Waals surface area (Å²) < 4.78 is 0. The lowest BCUT2D eigenvalue weighted by Gasteiger charge is -2.36. The zero-order chi connectivity index (χ0) is 24.6. The van der Waals surface area contributed by atoms with Gasteiger partial charge in [-0.15, -0.1) is 0 Å². The highest BCUT2D eigenvalue weighted by atomic mass is 16.2. The van der Waals surface area contributed by atoms with Crippen LogP contribution in [0, 0.1) is 0 Å². The number of piperazine rings is 1. The summed E-state index contributed by atoms with van der Waals surface area (Å²) in [4.78, 5) is 49.3. The van der Waals surface area contributed by atoms with Crippen LogP contribution in [0.2, 0.25) is 0 Å². The van der Waals surface area contributed by atoms with Gasteiger partial charge in [-0.05, 0) is 23.3 Å². The molecule has 4 aromatic rings. The van der Waals surface area contributed by atoms with E-state index in [1.165, 1.54) is 27.2 Å². The Bertz CT molecular complexity index is 1470. The average molecular weight is 484 g/mol. The summed E-state index contributed by atoms with van der Waals surface area (Å²) in [5, 5.41) is 2.70. The lowest BCUT2D eigenvalue weighted by molar-refractivity contribution is -0.929. The van der Waals surface area contributed by atoms with E-state index >= 15 is 0 Å². The molecule has 0 unspecified atom stereocenters. The molecule has 1 saturated heterocycles. The minimum Gasteiger partial charge on any atom is -0.331 e. The van der Waals surface area contributed by atoms with E-state index in [0.717, 1.165) is 13.1 Å². The van der Waals surface area contributed by atoms with Gasteiger partial charge in [0.25, 0.3) is 0 Å². The highest BCUT2D eigenvalue weighted by Gasteiger charge is 2.38. The van der Waals surface area contributed by atoms with E-state index in [0.29, 0.717) is 36.1 Å². The van der Waals surface area contributed by atoms with E-state index in [4.69, 9.17) is 0 Å². The van der Waals surface area contributed by atoms with Gasteiger partial charge in [-0.25, -0.2) is 9.78 Å². The molecule has 9 heteroatoms. The van der Waals surface area contributed by atoms with Crippen molar-refractivity contribution in [3.05, 3.63) is 82.3 Å². The number of H-pyrrole nitrogens is 2. The third-order valence-corrected chi connectivity index (χ3v) is 7.21. The van der Waals surface area contributed by atoms with Crippen LogP contribution in [0.3, 0.4) is 0 Å². The molecule has 1 aliphatic heterocycles. The first-order valence-electron chi connectivity index (χ1n) is 12.3. The van der Waals surface area contributed by atoms with Gasteiger partial charge in [-0.1, -0.05) is 48.5 Å². The summed E-state index contributed by atoms with van der Waals surface area (Å²) in [5.74, 6) is 0.0517. The van der Waals surface area contributed by atoms with Crippen molar-refractivity contribution in [1.82, 2.24) is 19.9 Å². The average Bonchev–Trinajstić information content (AvgIpc) is 3.44. The molecule has 4 N–H and O–H groups in total. The maximum Gasteiger partial charge on any atom is 0.325 e. The Hall–Kier alpha value is -4.24. The number of nitrogens with one attached hydrogen (secondary N) is 4. The zero-order valence-electron chi connectivity index (χ0n) is 19.7. The van der Waals surface area contributed by atoms with Crippen LogP contribution in [0.5, 0.6) is 0 Å². The summed E-state index contributed by atoms with van der Waals surface area (Å²) in [5.41, 5.74) is 5.94. The Morgan fingerprint density at radius 2 is 1.58 bits per heavy atom. The van der Waals surface area contributed by atoms with Gasteiger partial charge in [0, 0.05) is 24.0 Å². The first-order valence-corrected chi connectivity index (χ1v) is 12.3. The first kappa shape index (κ1) is 22.2. The number of benzene rings is 2. The number of quaternary nitrogens is 1. The molecule has 2 aromatic carbocycles. The molecule has 2 aromatic heterocycles. The quantitative estimate of drug-likeness (QED) is 0.344. The van der Waals surface area contributed by atoms with Crippen molar-refractivity contribution in [3.8, 4) is 11.1 Å². The van der Waals surface area contributed by atoms with Crippen LogP contribution < -0.4 is 15.9 Å². The number of fused-ring (bicyclic) bond motifs is 4. The number of amides is 2. The lowest BCUT2D eigenvalue weighted by atomic mass is 10.0. The van der Waals surface area contributed by atoms with Gasteiger partial charge in [0.1, 0.15) is 11.9 Å². The van der Waals surface area contributed by atoms with Crippen LogP contribution in [0.25, 0.3) is 22.3 Å². The maximum atomic E-state index is 12.8. The standard InChI is InChI=1S/C27H26N6O3/c34-23(29-22-10-9-21-26(30-22)31-27(36)28-21)11-12-24(35)32-13-15-33(16-14-32)25-19-7-3-1-5-17(19)18-6-2-4-8-20(18)25/h1-10,25H,11-16H2,(H3,28,29,30,31,34,36)/p+1. The van der Waals surface area contributed by atoms with E-state index in [9.17, 15) is 14.4 Å². The second kappa shape index (κ2) is 9.09. The van der Waals surface area contributed by atoms with E-state index in [1.54, 1.807) is 12.1 Å². The summed E-state index contributed by atoms with van der Waals surface area (Å²) >= 11 is 0. The summed E-state index contributed by atoms with van der Waals surface area (Å²) in [7, 11) is 0. The Labute approximate surface area is 207 Å². The second-order valence-electron chi connectivity index (χ2n) is 9.37. The summed E-state index contributed by atoms with van der Waals surface area (Å²) in [6.45, 7) is 3.08. The number of carbonyl (C=O) groups is 2. The van der Waals surface area contributed by atoms with Crippen LogP contribution in [0.1, 0.15) is 30.0 Å². The number of nitrogens with zero attached hydrogens (tertiary/aromatic N) is 2. The molecule has 182 valence electrons. The SMILES string of the molecule is O=C(CCC(=O)N1CC[NH+](C2c3ccccc3-c3ccccc32)CC1)Nc1ccc2[nH]c(=O)[nH]c2n1. The molecule has 0 bridgehead atoms. The fraction of sp³-hybridized carbons (Fsp3) is 0.259. The highest BCUT2D eigenvalue weighted by molar-refractivity contribution is 5.93. The molecule has 2 aliphatic rings. The van der Waals surface area contributed by atoms with Crippen LogP contribution in [-0.2, 0) is 9.59 Å². The second-order valence-corrected chi connectivity index (χ2v) is 9.37. The zero-order valence-corrected chi connectivity index (χ0v) is 19.7. The monoisotopic (exact) mass is 483 g/mol. The third-order valence-electron chi connectivity index (χ3n) is 7.21. The third kappa shape index (κ3) is 4.07. The van der Waals surface area contributed by atoms with Crippen LogP contribution in [0.4, 0.5) is 5.82 Å². The number of aromatic nitrogens is 3. The molecule has 3 heterocycles. The van der Waals surface area contributed by atoms with E-state index in [-0.39, 0.29) is 30.3 Å².